The highest BCUT2D eigenvalue weighted by Crippen LogP contribution is 2.28. The van der Waals surface area contributed by atoms with Crippen molar-refractivity contribution in [3.05, 3.63) is 0 Å². The average Bonchev–Trinajstić information content (AvgIpc) is 2.15. The number of hydrogen-bond acceptors (Lipinski definition) is 3. The molecule has 3 heteroatoms. The van der Waals surface area contributed by atoms with Crippen molar-refractivity contribution in [2.24, 2.45) is 11.7 Å². The van der Waals surface area contributed by atoms with E-state index >= 15 is 0 Å². The van der Waals surface area contributed by atoms with E-state index in [4.69, 9.17) is 15.6 Å². The van der Waals surface area contributed by atoms with Crippen molar-refractivity contribution in [3.8, 4) is 0 Å². The van der Waals surface area contributed by atoms with Crippen LogP contribution in [-0.2, 0) is 4.74 Å². The molecule has 84 valence electrons. The second-order valence-corrected chi connectivity index (χ2v) is 4.97. The van der Waals surface area contributed by atoms with Crippen molar-refractivity contribution < 1.29 is 9.84 Å². The third-order valence-electron chi connectivity index (χ3n) is 2.82. The maximum atomic E-state index is 9.16. The van der Waals surface area contributed by atoms with Gasteiger partial charge in [0.15, 0.2) is 0 Å². The van der Waals surface area contributed by atoms with Crippen LogP contribution >= 0.6 is 0 Å². The van der Waals surface area contributed by atoms with Gasteiger partial charge in [-0.3, -0.25) is 0 Å². The van der Waals surface area contributed by atoms with Gasteiger partial charge in [-0.1, -0.05) is 13.8 Å². The Morgan fingerprint density at radius 1 is 1.57 bits per heavy atom. The monoisotopic (exact) mass is 201 g/mol. The van der Waals surface area contributed by atoms with E-state index in [1.54, 1.807) is 0 Å². The average molecular weight is 201 g/mol. The first-order valence-electron chi connectivity index (χ1n) is 5.57. The van der Waals surface area contributed by atoms with Gasteiger partial charge in [0, 0.05) is 12.1 Å². The molecule has 2 atom stereocenters. The van der Waals surface area contributed by atoms with Crippen molar-refractivity contribution in [1.29, 1.82) is 0 Å². The summed E-state index contributed by atoms with van der Waals surface area (Å²) in [5, 5.41) is 9.16. The number of hydrogen-bond donors (Lipinski definition) is 2. The molecule has 3 N–H and O–H groups in total. The minimum Gasteiger partial charge on any atom is -0.394 e. The first-order chi connectivity index (χ1) is 6.56. The van der Waals surface area contributed by atoms with Crippen LogP contribution in [0.2, 0.25) is 0 Å². The van der Waals surface area contributed by atoms with Gasteiger partial charge in [-0.2, -0.15) is 0 Å². The standard InChI is InChI=1S/C11H23NO2/c1-9(2)7-14-10-4-3-5-11(12,6-10)8-13/h9-10,13H,3-8,12H2,1-2H3. The highest BCUT2D eigenvalue weighted by Gasteiger charge is 2.32. The summed E-state index contributed by atoms with van der Waals surface area (Å²) in [4.78, 5) is 0. The predicted molar refractivity (Wildman–Crippen MR) is 57.1 cm³/mol. The highest BCUT2D eigenvalue weighted by molar-refractivity contribution is 4.90. The first kappa shape index (κ1) is 12.0. The lowest BCUT2D eigenvalue weighted by molar-refractivity contribution is -0.0158. The number of aliphatic hydroxyl groups is 1. The SMILES string of the molecule is CC(C)COC1CCCC(N)(CO)C1. The summed E-state index contributed by atoms with van der Waals surface area (Å²) >= 11 is 0. The third kappa shape index (κ3) is 3.56. The number of ether oxygens (including phenoxy) is 1. The van der Waals surface area contributed by atoms with Crippen molar-refractivity contribution >= 4 is 0 Å². The van der Waals surface area contributed by atoms with Gasteiger partial charge < -0.3 is 15.6 Å². The molecule has 2 unspecified atom stereocenters. The minimum atomic E-state index is -0.389. The summed E-state index contributed by atoms with van der Waals surface area (Å²) in [6.07, 6.45) is 4.13. The molecule has 1 fully saturated rings. The molecular weight excluding hydrogens is 178 g/mol. The molecule has 1 saturated carbocycles. The largest absolute Gasteiger partial charge is 0.394 e. The van der Waals surface area contributed by atoms with E-state index in [-0.39, 0.29) is 18.2 Å². The molecule has 0 aliphatic heterocycles. The highest BCUT2D eigenvalue weighted by atomic mass is 16.5. The zero-order chi connectivity index (χ0) is 10.6. The summed E-state index contributed by atoms with van der Waals surface area (Å²) in [5.41, 5.74) is 5.64. The van der Waals surface area contributed by atoms with E-state index in [0.29, 0.717) is 5.92 Å². The zero-order valence-electron chi connectivity index (χ0n) is 9.33. The molecule has 0 spiro atoms. The molecule has 1 aliphatic carbocycles. The Morgan fingerprint density at radius 3 is 2.86 bits per heavy atom. The van der Waals surface area contributed by atoms with Crippen molar-refractivity contribution in [2.45, 2.75) is 51.2 Å². The Morgan fingerprint density at radius 2 is 2.29 bits per heavy atom. The molecule has 0 bridgehead atoms. The third-order valence-corrected chi connectivity index (χ3v) is 2.82. The van der Waals surface area contributed by atoms with Crippen LogP contribution < -0.4 is 5.73 Å². The molecular formula is C11H23NO2. The number of aliphatic hydroxyl groups excluding tert-OH is 1. The lowest BCUT2D eigenvalue weighted by Gasteiger charge is -2.36. The normalized spacial score (nSPS) is 33.6. The quantitative estimate of drug-likeness (QED) is 0.720. The van der Waals surface area contributed by atoms with Crippen LogP contribution in [0.25, 0.3) is 0 Å². The van der Waals surface area contributed by atoms with Gasteiger partial charge in [-0.05, 0) is 31.6 Å². The van der Waals surface area contributed by atoms with Gasteiger partial charge in [0.05, 0.1) is 12.7 Å². The zero-order valence-corrected chi connectivity index (χ0v) is 9.33. The van der Waals surface area contributed by atoms with Crippen LogP contribution in [0.15, 0.2) is 0 Å². The second-order valence-electron chi connectivity index (χ2n) is 4.97. The topological polar surface area (TPSA) is 55.5 Å². The second kappa shape index (κ2) is 5.10. The minimum absolute atomic E-state index is 0.0779. The fourth-order valence-electron chi connectivity index (χ4n) is 1.95. The molecule has 1 aliphatic rings. The van der Waals surface area contributed by atoms with E-state index in [1.807, 2.05) is 0 Å². The summed E-state index contributed by atoms with van der Waals surface area (Å²) < 4.78 is 5.75. The lowest BCUT2D eigenvalue weighted by atomic mass is 9.81. The van der Waals surface area contributed by atoms with Gasteiger partial charge >= 0.3 is 0 Å². The maximum absolute atomic E-state index is 9.16. The Kier molecular flexibility index (Phi) is 4.35. The predicted octanol–water partition coefficient (Wildman–Crippen LogP) is 1.29. The summed E-state index contributed by atoms with van der Waals surface area (Å²) in [6, 6.07) is 0. The Hall–Kier alpha value is -0.120. The van der Waals surface area contributed by atoms with E-state index in [9.17, 15) is 0 Å². The molecule has 0 aromatic heterocycles. The maximum Gasteiger partial charge on any atom is 0.0612 e. The van der Waals surface area contributed by atoms with Gasteiger partial charge in [-0.15, -0.1) is 0 Å². The smallest absolute Gasteiger partial charge is 0.0612 e. The van der Waals surface area contributed by atoms with E-state index in [0.717, 1.165) is 32.3 Å². The van der Waals surface area contributed by atoms with E-state index in [1.165, 1.54) is 0 Å². The molecule has 0 radical (unpaired) electrons. The van der Waals surface area contributed by atoms with Gasteiger partial charge in [0.1, 0.15) is 0 Å². The molecule has 1 rings (SSSR count). The van der Waals surface area contributed by atoms with Gasteiger partial charge in [0.2, 0.25) is 0 Å². The van der Waals surface area contributed by atoms with E-state index < -0.39 is 0 Å². The fraction of sp³-hybridized carbons (Fsp3) is 1.00. The van der Waals surface area contributed by atoms with Crippen LogP contribution in [0.3, 0.4) is 0 Å². The van der Waals surface area contributed by atoms with Gasteiger partial charge in [-0.25, -0.2) is 0 Å². The van der Waals surface area contributed by atoms with E-state index in [2.05, 4.69) is 13.8 Å². The van der Waals surface area contributed by atoms with Crippen LogP contribution in [-0.4, -0.2) is 30.0 Å². The number of nitrogens with two attached hydrogens (primary N) is 1. The fourth-order valence-corrected chi connectivity index (χ4v) is 1.95. The Balaban J connectivity index is 2.33. The summed E-state index contributed by atoms with van der Waals surface area (Å²) in [6.45, 7) is 5.16. The number of rotatable bonds is 4. The van der Waals surface area contributed by atoms with Crippen LogP contribution in [0, 0.1) is 5.92 Å². The van der Waals surface area contributed by atoms with Crippen LogP contribution in [0.1, 0.15) is 39.5 Å². The Bertz CT molecular complexity index is 173. The van der Waals surface area contributed by atoms with Crippen LogP contribution in [0.5, 0.6) is 0 Å². The molecule has 3 nitrogen and oxygen atoms in total. The van der Waals surface area contributed by atoms with Crippen molar-refractivity contribution in [2.75, 3.05) is 13.2 Å². The molecule has 0 aromatic carbocycles. The molecule has 0 saturated heterocycles. The van der Waals surface area contributed by atoms with Crippen molar-refractivity contribution in [1.82, 2.24) is 0 Å². The van der Waals surface area contributed by atoms with Crippen LogP contribution in [0.4, 0.5) is 0 Å². The molecule has 0 aromatic rings. The van der Waals surface area contributed by atoms with Crippen molar-refractivity contribution in [3.63, 3.8) is 0 Å². The molecule has 14 heavy (non-hydrogen) atoms. The summed E-state index contributed by atoms with van der Waals surface area (Å²) in [5.74, 6) is 0.568. The Labute approximate surface area is 86.6 Å². The molecule has 0 heterocycles. The summed E-state index contributed by atoms with van der Waals surface area (Å²) in [7, 11) is 0. The lowest BCUT2D eigenvalue weighted by Crippen LogP contribution is -2.49. The first-order valence-corrected chi connectivity index (χ1v) is 5.57. The molecule has 0 amide bonds. The van der Waals surface area contributed by atoms with Gasteiger partial charge in [0.25, 0.3) is 0 Å².